The molecule has 1 saturated carbocycles. The van der Waals surface area contributed by atoms with Crippen LogP contribution < -0.4 is 4.72 Å². The molecular weight excluding hydrogens is 308 g/mol. The van der Waals surface area contributed by atoms with Gasteiger partial charge in [-0.1, -0.05) is 35.9 Å². The Hall–Kier alpha value is -2.16. The third-order valence-electron chi connectivity index (χ3n) is 4.09. The summed E-state index contributed by atoms with van der Waals surface area (Å²) in [6.07, 6.45) is 2.05. The average Bonchev–Trinajstić information content (AvgIpc) is 3.38. The van der Waals surface area contributed by atoms with E-state index in [0.29, 0.717) is 11.5 Å². The van der Waals surface area contributed by atoms with Crippen LogP contribution in [-0.2, 0) is 10.0 Å². The Bertz CT molecular complexity index is 847. The first-order chi connectivity index (χ1) is 11.0. The second-order valence-electron chi connectivity index (χ2n) is 5.99. The van der Waals surface area contributed by atoms with Gasteiger partial charge in [0.25, 0.3) is 0 Å². The first-order valence-corrected chi connectivity index (χ1v) is 9.07. The van der Waals surface area contributed by atoms with Gasteiger partial charge in [0.05, 0.1) is 16.5 Å². The van der Waals surface area contributed by atoms with E-state index in [1.165, 1.54) is 12.1 Å². The number of nitrogens with zero attached hydrogens (tertiary/aromatic N) is 1. The van der Waals surface area contributed by atoms with E-state index in [0.717, 1.165) is 24.0 Å². The van der Waals surface area contributed by atoms with E-state index in [9.17, 15) is 8.42 Å². The number of hydrogen-bond donors (Lipinski definition) is 1. The third kappa shape index (κ3) is 3.61. The van der Waals surface area contributed by atoms with Gasteiger partial charge in [-0.2, -0.15) is 5.26 Å². The highest BCUT2D eigenvalue weighted by molar-refractivity contribution is 7.89. The van der Waals surface area contributed by atoms with E-state index in [2.05, 4.69) is 4.72 Å². The molecule has 0 spiro atoms. The summed E-state index contributed by atoms with van der Waals surface area (Å²) in [5, 5.41) is 8.95. The molecule has 1 aliphatic rings. The fraction of sp³-hybridized carbons (Fsp3) is 0.278. The van der Waals surface area contributed by atoms with Crippen molar-refractivity contribution in [2.45, 2.75) is 30.7 Å². The van der Waals surface area contributed by atoms with Gasteiger partial charge in [-0.15, -0.1) is 0 Å². The summed E-state index contributed by atoms with van der Waals surface area (Å²) in [5.74, 6) is 0.339. The Morgan fingerprint density at radius 1 is 1.17 bits per heavy atom. The molecule has 0 aliphatic heterocycles. The van der Waals surface area contributed by atoms with Crippen LogP contribution in [0.2, 0.25) is 0 Å². The Labute approximate surface area is 136 Å². The van der Waals surface area contributed by atoms with Crippen molar-refractivity contribution in [1.29, 1.82) is 5.26 Å². The van der Waals surface area contributed by atoms with Crippen molar-refractivity contribution in [1.82, 2.24) is 4.72 Å². The van der Waals surface area contributed by atoms with E-state index in [-0.39, 0.29) is 10.9 Å². The summed E-state index contributed by atoms with van der Waals surface area (Å²) in [6.45, 7) is 2.01. The first kappa shape index (κ1) is 15.7. The predicted octanol–water partition coefficient (Wildman–Crippen LogP) is 3.30. The lowest BCUT2D eigenvalue weighted by Crippen LogP contribution is -2.30. The molecule has 4 nitrogen and oxygen atoms in total. The van der Waals surface area contributed by atoms with E-state index >= 15 is 0 Å². The molecule has 1 atom stereocenters. The van der Waals surface area contributed by atoms with Gasteiger partial charge in [-0.05, 0) is 49.4 Å². The second-order valence-corrected chi connectivity index (χ2v) is 7.70. The zero-order chi connectivity index (χ0) is 16.4. The van der Waals surface area contributed by atoms with E-state index in [1.807, 2.05) is 37.3 Å². The van der Waals surface area contributed by atoms with E-state index < -0.39 is 10.0 Å². The third-order valence-corrected chi connectivity index (χ3v) is 5.52. The van der Waals surface area contributed by atoms with Crippen molar-refractivity contribution in [3.05, 3.63) is 65.2 Å². The number of benzene rings is 2. The predicted molar refractivity (Wildman–Crippen MR) is 88.1 cm³/mol. The van der Waals surface area contributed by atoms with Crippen LogP contribution in [0.15, 0.2) is 53.4 Å². The highest BCUT2D eigenvalue weighted by atomic mass is 32.2. The molecule has 118 valence electrons. The van der Waals surface area contributed by atoms with Crippen molar-refractivity contribution >= 4 is 10.0 Å². The molecule has 1 aliphatic carbocycles. The molecule has 1 fully saturated rings. The van der Waals surface area contributed by atoms with Gasteiger partial charge in [-0.25, -0.2) is 13.1 Å². The number of rotatable bonds is 5. The number of sulfonamides is 1. The summed E-state index contributed by atoms with van der Waals surface area (Å²) in [7, 11) is -3.66. The molecular formula is C18H18N2O2S. The van der Waals surface area contributed by atoms with Gasteiger partial charge in [0.2, 0.25) is 10.0 Å². The summed E-state index contributed by atoms with van der Waals surface area (Å²) in [5.41, 5.74) is 2.47. The maximum Gasteiger partial charge on any atom is 0.241 e. The smallest absolute Gasteiger partial charge is 0.207 e. The monoisotopic (exact) mass is 326 g/mol. The van der Waals surface area contributed by atoms with Crippen molar-refractivity contribution in [3.63, 3.8) is 0 Å². The Kier molecular flexibility index (Phi) is 4.20. The van der Waals surface area contributed by atoms with Crippen molar-refractivity contribution < 1.29 is 8.42 Å². The summed E-state index contributed by atoms with van der Waals surface area (Å²) in [6, 6.07) is 15.8. The lowest BCUT2D eigenvalue weighted by molar-refractivity contribution is 0.529. The maximum atomic E-state index is 12.7. The van der Waals surface area contributed by atoms with Crippen LogP contribution in [0.5, 0.6) is 0 Å². The normalized spacial score (nSPS) is 15.8. The highest BCUT2D eigenvalue weighted by Gasteiger charge is 2.35. The number of nitrogens with one attached hydrogen (secondary N) is 1. The minimum absolute atomic E-state index is 0.134. The van der Waals surface area contributed by atoms with Gasteiger partial charge in [0.15, 0.2) is 0 Å². The lowest BCUT2D eigenvalue weighted by Gasteiger charge is -2.19. The van der Waals surface area contributed by atoms with Gasteiger partial charge in [0.1, 0.15) is 0 Å². The van der Waals surface area contributed by atoms with Crippen molar-refractivity contribution in [2.75, 3.05) is 0 Å². The second kappa shape index (κ2) is 6.15. The molecule has 1 N–H and O–H groups in total. The largest absolute Gasteiger partial charge is 0.241 e. The van der Waals surface area contributed by atoms with Crippen LogP contribution in [0.25, 0.3) is 0 Å². The molecule has 23 heavy (non-hydrogen) atoms. The molecule has 2 aromatic rings. The van der Waals surface area contributed by atoms with Crippen molar-refractivity contribution in [3.8, 4) is 6.07 Å². The maximum absolute atomic E-state index is 12.7. The molecule has 0 unspecified atom stereocenters. The zero-order valence-corrected chi connectivity index (χ0v) is 13.7. The van der Waals surface area contributed by atoms with Crippen LogP contribution in [-0.4, -0.2) is 8.42 Å². The fourth-order valence-electron chi connectivity index (χ4n) is 2.61. The summed E-state index contributed by atoms with van der Waals surface area (Å²) >= 11 is 0. The molecule has 0 saturated heterocycles. The van der Waals surface area contributed by atoms with Gasteiger partial charge >= 0.3 is 0 Å². The van der Waals surface area contributed by atoms with Gasteiger partial charge < -0.3 is 0 Å². The zero-order valence-electron chi connectivity index (χ0n) is 12.9. The summed E-state index contributed by atoms with van der Waals surface area (Å²) in [4.78, 5) is 0.134. The van der Waals surface area contributed by atoms with Crippen LogP contribution >= 0.6 is 0 Å². The highest BCUT2D eigenvalue weighted by Crippen LogP contribution is 2.41. The lowest BCUT2D eigenvalue weighted by atomic mass is 10.0. The Balaban J connectivity index is 1.90. The Morgan fingerprint density at radius 2 is 1.87 bits per heavy atom. The summed E-state index contributed by atoms with van der Waals surface area (Å²) < 4.78 is 28.1. The molecule has 0 heterocycles. The van der Waals surface area contributed by atoms with E-state index in [1.54, 1.807) is 12.1 Å². The minimum Gasteiger partial charge on any atom is -0.207 e. The van der Waals surface area contributed by atoms with Crippen molar-refractivity contribution in [2.24, 2.45) is 5.92 Å². The minimum atomic E-state index is -3.66. The van der Waals surface area contributed by atoms with Crippen LogP contribution in [0.3, 0.4) is 0 Å². The molecule has 0 amide bonds. The standard InChI is InChI=1S/C18H18N2O2S/c1-13-5-7-15(8-6-13)18(16-9-10-16)20-23(21,22)17-4-2-3-14(11-17)12-19/h2-8,11,16,18,20H,9-10H2,1H3/t18-/m1/s1. The number of aryl methyl sites for hydroxylation is 1. The molecule has 5 heteroatoms. The SMILES string of the molecule is Cc1ccc([C@@H](NS(=O)(=O)c2cccc(C#N)c2)C2CC2)cc1. The number of nitriles is 1. The Morgan fingerprint density at radius 3 is 2.48 bits per heavy atom. The quantitative estimate of drug-likeness (QED) is 0.916. The average molecular weight is 326 g/mol. The van der Waals surface area contributed by atoms with Gasteiger partial charge in [0, 0.05) is 6.04 Å². The molecule has 0 aromatic heterocycles. The fourth-order valence-corrected chi connectivity index (χ4v) is 3.95. The molecule has 0 radical (unpaired) electrons. The first-order valence-electron chi connectivity index (χ1n) is 7.59. The van der Waals surface area contributed by atoms with Crippen LogP contribution in [0.4, 0.5) is 0 Å². The van der Waals surface area contributed by atoms with Gasteiger partial charge in [-0.3, -0.25) is 0 Å². The van der Waals surface area contributed by atoms with Crippen LogP contribution in [0, 0.1) is 24.2 Å². The number of hydrogen-bond acceptors (Lipinski definition) is 3. The topological polar surface area (TPSA) is 70.0 Å². The molecule has 2 aromatic carbocycles. The van der Waals surface area contributed by atoms with E-state index in [4.69, 9.17) is 5.26 Å². The van der Waals surface area contributed by atoms with Crippen LogP contribution in [0.1, 0.15) is 35.6 Å². The molecule has 3 rings (SSSR count). The molecule has 0 bridgehead atoms.